The number of hydrogen-bond donors (Lipinski definition) is 1. The lowest BCUT2D eigenvalue weighted by atomic mass is 10.1. The van der Waals surface area contributed by atoms with Crippen molar-refractivity contribution >= 4 is 16.9 Å². The first-order chi connectivity index (χ1) is 13.5. The van der Waals surface area contributed by atoms with Crippen LogP contribution in [0.15, 0.2) is 30.7 Å². The van der Waals surface area contributed by atoms with Crippen molar-refractivity contribution in [1.82, 2.24) is 19.9 Å². The number of benzene rings is 1. The molecule has 1 aliphatic heterocycles. The molecule has 1 N–H and O–H groups in total. The highest BCUT2D eigenvalue weighted by molar-refractivity contribution is 5.93. The minimum atomic E-state index is -0.594. The molecule has 0 spiro atoms. The van der Waals surface area contributed by atoms with E-state index in [-0.39, 0.29) is 0 Å². The highest BCUT2D eigenvalue weighted by Crippen LogP contribution is 2.46. The molecule has 0 bridgehead atoms. The summed E-state index contributed by atoms with van der Waals surface area (Å²) in [5.41, 5.74) is 2.32. The van der Waals surface area contributed by atoms with Gasteiger partial charge in [-0.2, -0.15) is 0 Å². The first-order valence-electron chi connectivity index (χ1n) is 9.83. The van der Waals surface area contributed by atoms with Crippen LogP contribution in [0.25, 0.3) is 16.7 Å². The van der Waals surface area contributed by atoms with Gasteiger partial charge in [-0.3, -0.25) is 0 Å². The van der Waals surface area contributed by atoms with E-state index in [0.717, 1.165) is 43.2 Å². The molecule has 5 nitrogen and oxygen atoms in total. The van der Waals surface area contributed by atoms with Crippen LogP contribution in [0.1, 0.15) is 38.2 Å². The van der Waals surface area contributed by atoms with E-state index in [1.165, 1.54) is 17.7 Å². The van der Waals surface area contributed by atoms with Crippen LogP contribution >= 0.6 is 0 Å². The highest BCUT2D eigenvalue weighted by atomic mass is 19.1. The zero-order valence-corrected chi connectivity index (χ0v) is 16.0. The van der Waals surface area contributed by atoms with Crippen molar-refractivity contribution in [3.05, 3.63) is 47.9 Å². The van der Waals surface area contributed by atoms with Gasteiger partial charge < -0.3 is 14.8 Å². The molecule has 2 aliphatic rings. The van der Waals surface area contributed by atoms with Gasteiger partial charge in [-0.05, 0) is 50.3 Å². The summed E-state index contributed by atoms with van der Waals surface area (Å²) in [6.07, 6.45) is 5.79. The molecule has 28 heavy (non-hydrogen) atoms. The van der Waals surface area contributed by atoms with Gasteiger partial charge in [0.25, 0.3) is 0 Å². The molecule has 0 unspecified atom stereocenters. The second-order valence-electron chi connectivity index (χ2n) is 8.06. The maximum atomic E-state index is 13.9. The number of piperazine rings is 1. The summed E-state index contributed by atoms with van der Waals surface area (Å²) in [7, 11) is 0. The van der Waals surface area contributed by atoms with Crippen molar-refractivity contribution in [3.63, 3.8) is 0 Å². The van der Waals surface area contributed by atoms with Crippen molar-refractivity contribution in [3.8, 4) is 5.69 Å². The Morgan fingerprint density at radius 1 is 1.07 bits per heavy atom. The summed E-state index contributed by atoms with van der Waals surface area (Å²) in [5.74, 6) is 0.193. The quantitative estimate of drug-likeness (QED) is 0.748. The van der Waals surface area contributed by atoms with Gasteiger partial charge in [0, 0.05) is 37.4 Å². The van der Waals surface area contributed by atoms with E-state index >= 15 is 0 Å². The zero-order valence-electron chi connectivity index (χ0n) is 16.0. The van der Waals surface area contributed by atoms with Gasteiger partial charge in [-0.1, -0.05) is 0 Å². The lowest BCUT2D eigenvalue weighted by molar-refractivity contribution is 0.423. The van der Waals surface area contributed by atoms with E-state index < -0.39 is 11.6 Å². The average molecular weight is 383 g/mol. The topological polar surface area (TPSA) is 46.0 Å². The Kier molecular flexibility index (Phi) is 4.08. The Bertz CT molecular complexity index is 1020. The number of anilines is 1. The SMILES string of the molecule is C[C@@H]1CN(c2ncnc3c2c(C2CC2)cn3-c2cc(F)cc(F)c2)[C@@H](C)CN1. The molecule has 2 aromatic heterocycles. The molecule has 3 aromatic rings. The summed E-state index contributed by atoms with van der Waals surface area (Å²) < 4.78 is 29.5. The number of halogens is 2. The molecule has 1 aromatic carbocycles. The maximum absolute atomic E-state index is 13.9. The number of fused-ring (bicyclic) bond motifs is 1. The zero-order chi connectivity index (χ0) is 19.4. The Morgan fingerprint density at radius 3 is 2.54 bits per heavy atom. The number of hydrogen-bond acceptors (Lipinski definition) is 4. The third-order valence-corrected chi connectivity index (χ3v) is 5.77. The molecular weight excluding hydrogens is 360 g/mol. The van der Waals surface area contributed by atoms with Crippen LogP contribution < -0.4 is 10.2 Å². The van der Waals surface area contributed by atoms with Crippen molar-refractivity contribution in [2.75, 3.05) is 18.0 Å². The molecule has 146 valence electrons. The molecule has 1 aliphatic carbocycles. The molecule has 1 saturated carbocycles. The largest absolute Gasteiger partial charge is 0.350 e. The Hall–Kier alpha value is -2.54. The van der Waals surface area contributed by atoms with Crippen molar-refractivity contribution in [2.45, 2.75) is 44.7 Å². The second-order valence-corrected chi connectivity index (χ2v) is 8.06. The number of nitrogens with zero attached hydrogens (tertiary/aromatic N) is 4. The molecule has 2 atom stereocenters. The van der Waals surface area contributed by atoms with Gasteiger partial charge in [-0.25, -0.2) is 18.7 Å². The Morgan fingerprint density at radius 2 is 1.82 bits per heavy atom. The van der Waals surface area contributed by atoms with Crippen LogP contribution in [0.3, 0.4) is 0 Å². The first-order valence-corrected chi connectivity index (χ1v) is 9.83. The van der Waals surface area contributed by atoms with Crippen LogP contribution in [-0.2, 0) is 0 Å². The van der Waals surface area contributed by atoms with Crippen LogP contribution in [-0.4, -0.2) is 39.7 Å². The molecule has 7 heteroatoms. The fourth-order valence-electron chi connectivity index (χ4n) is 4.19. The maximum Gasteiger partial charge on any atom is 0.150 e. The number of nitrogens with one attached hydrogen (secondary N) is 1. The minimum absolute atomic E-state index is 0.302. The summed E-state index contributed by atoms with van der Waals surface area (Å²) in [5, 5.41) is 4.51. The lowest BCUT2D eigenvalue weighted by Crippen LogP contribution is -2.54. The predicted molar refractivity (Wildman–Crippen MR) is 105 cm³/mol. The van der Waals surface area contributed by atoms with Crippen molar-refractivity contribution < 1.29 is 8.78 Å². The van der Waals surface area contributed by atoms with Gasteiger partial charge in [0.15, 0.2) is 0 Å². The smallest absolute Gasteiger partial charge is 0.150 e. The van der Waals surface area contributed by atoms with Gasteiger partial charge >= 0.3 is 0 Å². The Balaban J connectivity index is 1.72. The van der Waals surface area contributed by atoms with E-state index in [2.05, 4.69) is 34.0 Å². The van der Waals surface area contributed by atoms with E-state index in [4.69, 9.17) is 0 Å². The summed E-state index contributed by atoms with van der Waals surface area (Å²) in [4.78, 5) is 11.5. The second kappa shape index (κ2) is 6.51. The molecule has 1 saturated heterocycles. The van der Waals surface area contributed by atoms with Crippen molar-refractivity contribution in [1.29, 1.82) is 0 Å². The lowest BCUT2D eigenvalue weighted by Gasteiger charge is -2.38. The van der Waals surface area contributed by atoms with Crippen LogP contribution in [0.4, 0.5) is 14.6 Å². The van der Waals surface area contributed by atoms with Gasteiger partial charge in [-0.15, -0.1) is 0 Å². The molecule has 0 radical (unpaired) electrons. The average Bonchev–Trinajstić information content (AvgIpc) is 3.42. The molecular formula is C21H23F2N5. The minimum Gasteiger partial charge on any atom is -0.350 e. The van der Waals surface area contributed by atoms with E-state index in [1.807, 2.05) is 6.20 Å². The third-order valence-electron chi connectivity index (χ3n) is 5.77. The van der Waals surface area contributed by atoms with E-state index in [0.29, 0.717) is 29.3 Å². The van der Waals surface area contributed by atoms with E-state index in [1.54, 1.807) is 10.9 Å². The first kappa shape index (κ1) is 17.6. The van der Waals surface area contributed by atoms with Crippen LogP contribution in [0.5, 0.6) is 0 Å². The van der Waals surface area contributed by atoms with Gasteiger partial charge in [0.05, 0.1) is 11.1 Å². The molecule has 3 heterocycles. The fourth-order valence-corrected chi connectivity index (χ4v) is 4.19. The summed E-state index contributed by atoms with van der Waals surface area (Å²) in [6, 6.07) is 4.25. The molecule has 2 fully saturated rings. The van der Waals surface area contributed by atoms with E-state index in [9.17, 15) is 8.78 Å². The normalized spacial score (nSPS) is 22.8. The third kappa shape index (κ3) is 2.94. The summed E-state index contributed by atoms with van der Waals surface area (Å²) in [6.45, 7) is 6.10. The van der Waals surface area contributed by atoms with Gasteiger partial charge in [0.2, 0.25) is 0 Å². The Labute approximate surface area is 162 Å². The molecule has 5 rings (SSSR count). The monoisotopic (exact) mass is 383 g/mol. The number of rotatable bonds is 3. The van der Waals surface area contributed by atoms with Crippen LogP contribution in [0.2, 0.25) is 0 Å². The van der Waals surface area contributed by atoms with Crippen molar-refractivity contribution in [2.24, 2.45) is 0 Å². The predicted octanol–water partition coefficient (Wildman–Crippen LogP) is 3.76. The molecule has 0 amide bonds. The summed E-state index contributed by atoms with van der Waals surface area (Å²) >= 11 is 0. The van der Waals surface area contributed by atoms with Crippen LogP contribution in [0, 0.1) is 11.6 Å². The number of aromatic nitrogens is 3. The highest BCUT2D eigenvalue weighted by Gasteiger charge is 2.32. The van der Waals surface area contributed by atoms with Gasteiger partial charge in [0.1, 0.15) is 29.4 Å². The standard InChI is InChI=1S/C21H23F2N5/c1-12-9-27(13(2)8-24-12)20-19-18(14-3-4-14)10-28(21(19)26-11-25-20)17-6-15(22)5-16(23)7-17/h5-7,10-14,24H,3-4,8-9H2,1-2H3/t12-,13+/m1/s1. The fraction of sp³-hybridized carbons (Fsp3) is 0.429.